The molecule has 0 aromatic rings. The Morgan fingerprint density at radius 3 is 1.88 bits per heavy atom. The Hall–Kier alpha value is -0.610. The van der Waals surface area contributed by atoms with Gasteiger partial charge in [0, 0.05) is 13.0 Å². The van der Waals surface area contributed by atoms with Gasteiger partial charge in [-0.3, -0.25) is 4.79 Å². The molecule has 4 N–H and O–H groups in total. The van der Waals surface area contributed by atoms with E-state index < -0.39 is 5.97 Å². The lowest BCUT2D eigenvalue weighted by Crippen LogP contribution is -2.14. The first kappa shape index (κ1) is 18.7. The maximum atomic E-state index is 10.1. The fourth-order valence-corrected chi connectivity index (χ4v) is 1.23. The minimum atomic E-state index is -0.663. The number of aliphatic hydroxyl groups is 1. The third-order valence-corrected chi connectivity index (χ3v) is 2.34. The molecular weight excluding hydrogens is 218 g/mol. The van der Waals surface area contributed by atoms with Crippen LogP contribution in [-0.2, 0) is 4.79 Å². The predicted octanol–water partition coefficient (Wildman–Crippen LogP) is 2.54. The normalized spacial score (nSPS) is 11.5. The zero-order valence-corrected chi connectivity index (χ0v) is 11.3. The molecule has 0 bridgehead atoms. The van der Waals surface area contributed by atoms with Crippen LogP contribution in [0.5, 0.6) is 0 Å². The first-order chi connectivity index (χ1) is 8.04. The van der Waals surface area contributed by atoms with Crippen molar-refractivity contribution in [2.24, 2.45) is 5.73 Å². The van der Waals surface area contributed by atoms with Gasteiger partial charge < -0.3 is 15.9 Å². The fourth-order valence-electron chi connectivity index (χ4n) is 1.23. The Bertz CT molecular complexity index is 161. The van der Waals surface area contributed by atoms with E-state index in [1.54, 1.807) is 6.92 Å². The number of unbranched alkanes of at least 4 members (excludes halogenated alkanes) is 6. The molecule has 0 amide bonds. The van der Waals surface area contributed by atoms with E-state index in [0.717, 1.165) is 12.8 Å². The monoisotopic (exact) mass is 247 g/mol. The van der Waals surface area contributed by atoms with Gasteiger partial charge in [0.25, 0.3) is 0 Å². The van der Waals surface area contributed by atoms with E-state index in [0.29, 0.717) is 13.0 Å². The van der Waals surface area contributed by atoms with Gasteiger partial charge in [-0.25, -0.2) is 0 Å². The van der Waals surface area contributed by atoms with Gasteiger partial charge in [-0.1, -0.05) is 45.4 Å². The van der Waals surface area contributed by atoms with Gasteiger partial charge in [-0.05, 0) is 13.3 Å². The molecule has 1 atom stereocenters. The molecule has 0 aliphatic rings. The Morgan fingerprint density at radius 2 is 1.53 bits per heavy atom. The Balaban J connectivity index is 0. The number of carbonyl (C=O) groups is 1. The minimum Gasteiger partial charge on any atom is -0.481 e. The van der Waals surface area contributed by atoms with E-state index in [2.05, 4.69) is 6.92 Å². The zero-order valence-electron chi connectivity index (χ0n) is 11.3. The number of aliphatic carboxylic acids is 1. The highest BCUT2D eigenvalue weighted by Crippen LogP contribution is 2.07. The average molecular weight is 247 g/mol. The van der Waals surface area contributed by atoms with E-state index in [-0.39, 0.29) is 6.10 Å². The largest absolute Gasteiger partial charge is 0.481 e. The summed E-state index contributed by atoms with van der Waals surface area (Å²) in [4.78, 5) is 10.1. The van der Waals surface area contributed by atoms with Crippen LogP contribution < -0.4 is 5.73 Å². The molecule has 1 unspecified atom stereocenters. The molecule has 0 radical (unpaired) electrons. The summed E-state index contributed by atoms with van der Waals surface area (Å²) in [6.07, 6.45) is 8.30. The number of carboxylic acids is 1. The minimum absolute atomic E-state index is 0.338. The van der Waals surface area contributed by atoms with Gasteiger partial charge in [0.15, 0.2) is 0 Å². The molecule has 4 nitrogen and oxygen atoms in total. The highest BCUT2D eigenvalue weighted by Gasteiger charge is 1.95. The molecule has 17 heavy (non-hydrogen) atoms. The van der Waals surface area contributed by atoms with Gasteiger partial charge >= 0.3 is 5.97 Å². The van der Waals surface area contributed by atoms with Crippen molar-refractivity contribution in [1.29, 1.82) is 0 Å². The fraction of sp³-hybridized carbons (Fsp3) is 0.923. The lowest BCUT2D eigenvalue weighted by atomic mass is 10.1. The van der Waals surface area contributed by atoms with Gasteiger partial charge in [-0.15, -0.1) is 0 Å². The topological polar surface area (TPSA) is 83.5 Å². The van der Waals surface area contributed by atoms with Crippen LogP contribution in [0.3, 0.4) is 0 Å². The predicted molar refractivity (Wildman–Crippen MR) is 71.0 cm³/mol. The summed E-state index contributed by atoms with van der Waals surface area (Å²) in [5.41, 5.74) is 4.92. The number of hydrogen-bond acceptors (Lipinski definition) is 3. The van der Waals surface area contributed by atoms with Crippen molar-refractivity contribution >= 4 is 5.97 Å². The first-order valence-electron chi connectivity index (χ1n) is 6.64. The molecular formula is C13H29NO3. The zero-order chi connectivity index (χ0) is 13.5. The van der Waals surface area contributed by atoms with Crippen LogP contribution >= 0.6 is 0 Å². The van der Waals surface area contributed by atoms with Gasteiger partial charge in [0.05, 0.1) is 6.10 Å². The smallest absolute Gasteiger partial charge is 0.303 e. The van der Waals surface area contributed by atoms with Crippen molar-refractivity contribution in [2.75, 3.05) is 6.54 Å². The summed E-state index contributed by atoms with van der Waals surface area (Å²) >= 11 is 0. The number of carboxylic acid groups (broad SMARTS) is 1. The summed E-state index contributed by atoms with van der Waals surface area (Å²) in [6, 6.07) is 0. The molecule has 0 saturated heterocycles. The van der Waals surface area contributed by atoms with Crippen LogP contribution in [0.1, 0.15) is 65.2 Å². The molecule has 4 heteroatoms. The van der Waals surface area contributed by atoms with Crippen LogP contribution in [0.4, 0.5) is 0 Å². The summed E-state index contributed by atoms with van der Waals surface area (Å²) < 4.78 is 0. The summed E-state index contributed by atoms with van der Waals surface area (Å²) in [7, 11) is 0. The van der Waals surface area contributed by atoms with Crippen LogP contribution in [0, 0.1) is 0 Å². The lowest BCUT2D eigenvalue weighted by molar-refractivity contribution is -0.137. The molecule has 0 rings (SSSR count). The van der Waals surface area contributed by atoms with E-state index in [9.17, 15) is 4.79 Å². The van der Waals surface area contributed by atoms with Gasteiger partial charge in [0.1, 0.15) is 0 Å². The molecule has 0 saturated carbocycles. The standard InChI is InChI=1S/C10H20O2.C3H9NO/c1-2-3-4-5-6-7-8-9-10(11)12;1-3(5)2-4/h2-9H2,1H3,(H,11,12);3,5H,2,4H2,1H3. The summed E-state index contributed by atoms with van der Waals surface area (Å²) in [5, 5.41) is 16.6. The van der Waals surface area contributed by atoms with Crippen molar-refractivity contribution in [3.05, 3.63) is 0 Å². The van der Waals surface area contributed by atoms with E-state index >= 15 is 0 Å². The molecule has 0 aliphatic carbocycles. The lowest BCUT2D eigenvalue weighted by Gasteiger charge is -1.98. The van der Waals surface area contributed by atoms with Crippen molar-refractivity contribution in [2.45, 2.75) is 71.3 Å². The number of rotatable bonds is 9. The second-order valence-corrected chi connectivity index (χ2v) is 4.35. The second kappa shape index (κ2) is 15.4. The number of nitrogens with two attached hydrogens (primary N) is 1. The van der Waals surface area contributed by atoms with Crippen molar-refractivity contribution < 1.29 is 15.0 Å². The molecule has 0 aromatic carbocycles. The van der Waals surface area contributed by atoms with Crippen LogP contribution in [0.15, 0.2) is 0 Å². The SMILES string of the molecule is CC(O)CN.CCCCCCCCCC(=O)O. The van der Waals surface area contributed by atoms with E-state index in [1.165, 1.54) is 32.1 Å². The summed E-state index contributed by atoms with van der Waals surface area (Å²) in [5.74, 6) is -0.663. The maximum absolute atomic E-state index is 10.1. The Kier molecular flexibility index (Phi) is 17.0. The maximum Gasteiger partial charge on any atom is 0.303 e. The molecule has 0 aromatic heterocycles. The highest BCUT2D eigenvalue weighted by molar-refractivity contribution is 5.66. The quantitative estimate of drug-likeness (QED) is 0.547. The molecule has 0 fully saturated rings. The van der Waals surface area contributed by atoms with Crippen LogP contribution in [0.2, 0.25) is 0 Å². The molecule has 0 heterocycles. The van der Waals surface area contributed by atoms with E-state index in [1.807, 2.05) is 0 Å². The van der Waals surface area contributed by atoms with Crippen LogP contribution in [0.25, 0.3) is 0 Å². The molecule has 0 spiro atoms. The van der Waals surface area contributed by atoms with Crippen LogP contribution in [-0.4, -0.2) is 28.8 Å². The van der Waals surface area contributed by atoms with Gasteiger partial charge in [0.2, 0.25) is 0 Å². The summed E-state index contributed by atoms with van der Waals surface area (Å²) in [6.45, 7) is 4.21. The Labute approximate surface area is 105 Å². The second-order valence-electron chi connectivity index (χ2n) is 4.35. The number of aliphatic hydroxyl groups excluding tert-OH is 1. The van der Waals surface area contributed by atoms with Crippen molar-refractivity contribution in [3.8, 4) is 0 Å². The molecule has 0 aliphatic heterocycles. The highest BCUT2D eigenvalue weighted by atomic mass is 16.4. The van der Waals surface area contributed by atoms with Gasteiger partial charge in [-0.2, -0.15) is 0 Å². The average Bonchev–Trinajstić information content (AvgIpc) is 2.28. The number of hydrogen-bond donors (Lipinski definition) is 3. The Morgan fingerprint density at radius 1 is 1.12 bits per heavy atom. The van der Waals surface area contributed by atoms with Crippen molar-refractivity contribution in [1.82, 2.24) is 0 Å². The molecule has 104 valence electrons. The first-order valence-corrected chi connectivity index (χ1v) is 6.64. The third kappa shape index (κ3) is 25.6. The van der Waals surface area contributed by atoms with E-state index in [4.69, 9.17) is 15.9 Å². The van der Waals surface area contributed by atoms with Crippen molar-refractivity contribution in [3.63, 3.8) is 0 Å². The third-order valence-electron chi connectivity index (χ3n) is 2.34.